The highest BCUT2D eigenvalue weighted by molar-refractivity contribution is 5.77. The number of nitrogens with one attached hydrogen (secondary N) is 1. The largest absolute Gasteiger partial charge is 0.395 e. The Bertz CT molecular complexity index is 153. The fourth-order valence-electron chi connectivity index (χ4n) is 1.35. The minimum absolute atomic E-state index is 0.152. The Kier molecular flexibility index (Phi) is 3.46. The van der Waals surface area contributed by atoms with Crippen molar-refractivity contribution in [2.45, 2.75) is 0 Å². The number of β-amino-alcohol motifs (C(OH)–C–C–N with tert-alkyl or cyclic N) is 1. The molecule has 0 spiro atoms. The van der Waals surface area contributed by atoms with E-state index in [4.69, 9.17) is 16.2 Å². The maximum Gasteiger partial charge on any atom is 0.341 e. The first-order valence-corrected chi connectivity index (χ1v) is 4.16. The molecule has 5 nitrogen and oxygen atoms in total. The molecule has 1 radical (unpaired) electrons. The summed E-state index contributed by atoms with van der Waals surface area (Å²) >= 11 is 0. The molecular weight excluding hydrogens is 156 g/mol. The molecule has 1 aliphatic heterocycles. The summed E-state index contributed by atoms with van der Waals surface area (Å²) in [6, 6.07) is 0. The molecular formula is C7H16N4O+. The summed E-state index contributed by atoms with van der Waals surface area (Å²) < 4.78 is 0. The Morgan fingerprint density at radius 1 is 1.50 bits per heavy atom. The van der Waals surface area contributed by atoms with Gasteiger partial charge in [-0.2, -0.15) is 0 Å². The number of piperazine rings is 1. The number of guanidine groups is 1. The van der Waals surface area contributed by atoms with Crippen molar-refractivity contribution in [3.63, 3.8) is 0 Å². The van der Waals surface area contributed by atoms with E-state index in [0.29, 0.717) is 0 Å². The Labute approximate surface area is 72.3 Å². The van der Waals surface area contributed by atoms with Crippen molar-refractivity contribution in [3.05, 3.63) is 0 Å². The van der Waals surface area contributed by atoms with Crippen LogP contribution in [0.1, 0.15) is 0 Å². The zero-order chi connectivity index (χ0) is 8.97. The van der Waals surface area contributed by atoms with Gasteiger partial charge >= 0.3 is 5.96 Å². The second kappa shape index (κ2) is 4.39. The van der Waals surface area contributed by atoms with Gasteiger partial charge in [-0.15, -0.1) is 0 Å². The van der Waals surface area contributed by atoms with Gasteiger partial charge in [0.2, 0.25) is 0 Å². The molecule has 1 saturated heterocycles. The molecule has 4 N–H and O–H groups in total. The molecule has 12 heavy (non-hydrogen) atoms. The number of nitrogens with zero attached hydrogens (tertiary/aromatic N) is 2. The van der Waals surface area contributed by atoms with E-state index in [9.17, 15) is 0 Å². The molecule has 1 rings (SSSR count). The summed E-state index contributed by atoms with van der Waals surface area (Å²) in [4.78, 5) is 4.01. The van der Waals surface area contributed by atoms with Crippen LogP contribution in [0, 0.1) is 5.41 Å². The lowest BCUT2D eigenvalue weighted by atomic mass is 10.3. The highest BCUT2D eigenvalue weighted by Crippen LogP contribution is 1.96. The minimum Gasteiger partial charge on any atom is -0.395 e. The second-order valence-electron chi connectivity index (χ2n) is 2.94. The fourth-order valence-corrected chi connectivity index (χ4v) is 1.35. The monoisotopic (exact) mass is 172 g/mol. The molecule has 5 heteroatoms. The van der Waals surface area contributed by atoms with Crippen LogP contribution in [0.5, 0.6) is 0 Å². The van der Waals surface area contributed by atoms with Gasteiger partial charge in [-0.05, 0) is 0 Å². The van der Waals surface area contributed by atoms with Crippen LogP contribution in [0.25, 0.3) is 0 Å². The van der Waals surface area contributed by atoms with E-state index in [1.807, 2.05) is 4.90 Å². The van der Waals surface area contributed by atoms with Crippen molar-refractivity contribution in [1.82, 2.24) is 9.80 Å². The third kappa shape index (κ3) is 2.44. The average molecular weight is 172 g/mol. The molecule has 1 fully saturated rings. The molecule has 0 aromatic heterocycles. The summed E-state index contributed by atoms with van der Waals surface area (Å²) in [6.07, 6.45) is 0. The molecule has 0 unspecified atom stereocenters. The fraction of sp³-hybridized carbons (Fsp3) is 0.857. The first-order valence-electron chi connectivity index (χ1n) is 4.16. The number of hydrogen-bond acceptors (Lipinski definition) is 3. The molecule has 0 bridgehead atoms. The van der Waals surface area contributed by atoms with Crippen molar-refractivity contribution >= 4 is 5.96 Å². The zero-order valence-electron chi connectivity index (χ0n) is 7.16. The SMILES string of the molecule is N=C(N)[N+]1CCN(CCO)CC1. The van der Waals surface area contributed by atoms with E-state index >= 15 is 0 Å². The number of rotatable bonds is 2. The lowest BCUT2D eigenvalue weighted by Gasteiger charge is -2.25. The number of aliphatic hydroxyl groups excluding tert-OH is 1. The summed E-state index contributed by atoms with van der Waals surface area (Å²) in [5, 5.41) is 15.9. The van der Waals surface area contributed by atoms with Crippen LogP contribution < -0.4 is 10.6 Å². The first-order chi connectivity index (χ1) is 5.74. The van der Waals surface area contributed by atoms with Crippen molar-refractivity contribution in [3.8, 4) is 0 Å². The van der Waals surface area contributed by atoms with Crippen LogP contribution in [0.15, 0.2) is 0 Å². The predicted octanol–water partition coefficient (Wildman–Crippen LogP) is -1.67. The molecule has 69 valence electrons. The van der Waals surface area contributed by atoms with Crippen molar-refractivity contribution in [1.29, 1.82) is 5.41 Å². The van der Waals surface area contributed by atoms with Gasteiger partial charge in [0.05, 0.1) is 19.7 Å². The Morgan fingerprint density at radius 2 is 2.08 bits per heavy atom. The highest BCUT2D eigenvalue weighted by Gasteiger charge is 2.26. The van der Waals surface area contributed by atoms with Gasteiger partial charge in [0.15, 0.2) is 0 Å². The Balaban J connectivity index is 2.25. The van der Waals surface area contributed by atoms with Gasteiger partial charge in [-0.3, -0.25) is 4.90 Å². The molecule has 0 aliphatic carbocycles. The predicted molar refractivity (Wildman–Crippen MR) is 47.3 cm³/mol. The third-order valence-corrected chi connectivity index (χ3v) is 2.13. The molecule has 0 aromatic rings. The molecule has 1 aliphatic rings. The van der Waals surface area contributed by atoms with Gasteiger partial charge in [0.25, 0.3) is 0 Å². The summed E-state index contributed by atoms with van der Waals surface area (Å²) in [6.45, 7) is 4.32. The van der Waals surface area contributed by atoms with Gasteiger partial charge in [-0.25, -0.2) is 5.41 Å². The Hall–Kier alpha value is -0.650. The number of aliphatic hydroxyl groups is 1. The smallest absolute Gasteiger partial charge is 0.341 e. The molecule has 0 saturated carbocycles. The van der Waals surface area contributed by atoms with Crippen LogP contribution in [0.3, 0.4) is 0 Å². The van der Waals surface area contributed by atoms with E-state index in [2.05, 4.69) is 4.90 Å². The first kappa shape index (κ1) is 9.44. The van der Waals surface area contributed by atoms with Crippen LogP contribution in [0.4, 0.5) is 0 Å². The molecule has 1 heterocycles. The lowest BCUT2D eigenvalue weighted by Crippen LogP contribution is -2.54. The molecule has 0 aromatic carbocycles. The average Bonchev–Trinajstić information content (AvgIpc) is 2.06. The van der Waals surface area contributed by atoms with Gasteiger partial charge in [-0.1, -0.05) is 4.90 Å². The van der Waals surface area contributed by atoms with Crippen LogP contribution in [-0.4, -0.2) is 55.3 Å². The summed E-state index contributed by atoms with van der Waals surface area (Å²) in [5.74, 6) is 0.152. The lowest BCUT2D eigenvalue weighted by molar-refractivity contribution is 0.169. The van der Waals surface area contributed by atoms with Crippen molar-refractivity contribution in [2.75, 3.05) is 39.3 Å². The minimum atomic E-state index is 0.152. The van der Waals surface area contributed by atoms with Crippen LogP contribution >= 0.6 is 0 Å². The Morgan fingerprint density at radius 3 is 2.50 bits per heavy atom. The quantitative estimate of drug-likeness (QED) is 0.265. The van der Waals surface area contributed by atoms with E-state index < -0.39 is 0 Å². The maximum absolute atomic E-state index is 8.67. The highest BCUT2D eigenvalue weighted by atomic mass is 16.3. The topological polar surface area (TPSA) is 79.2 Å². The number of hydrogen-bond donors (Lipinski definition) is 3. The van der Waals surface area contributed by atoms with Crippen molar-refractivity contribution in [2.24, 2.45) is 5.73 Å². The summed E-state index contributed by atoms with van der Waals surface area (Å²) in [7, 11) is 0. The van der Waals surface area contributed by atoms with E-state index in [1.165, 1.54) is 0 Å². The van der Waals surface area contributed by atoms with Crippen molar-refractivity contribution < 1.29 is 5.11 Å². The van der Waals surface area contributed by atoms with E-state index in [1.54, 1.807) is 0 Å². The van der Waals surface area contributed by atoms with Crippen LogP contribution in [0.2, 0.25) is 0 Å². The third-order valence-electron chi connectivity index (χ3n) is 2.13. The van der Waals surface area contributed by atoms with Gasteiger partial charge in [0.1, 0.15) is 13.1 Å². The van der Waals surface area contributed by atoms with E-state index in [0.717, 1.165) is 32.7 Å². The normalized spacial score (nSPS) is 21.1. The zero-order valence-corrected chi connectivity index (χ0v) is 7.16. The molecule has 0 amide bonds. The van der Waals surface area contributed by atoms with Crippen LogP contribution in [-0.2, 0) is 0 Å². The second-order valence-corrected chi connectivity index (χ2v) is 2.94. The van der Waals surface area contributed by atoms with Gasteiger partial charge in [0, 0.05) is 6.54 Å². The van der Waals surface area contributed by atoms with E-state index in [-0.39, 0.29) is 12.6 Å². The number of nitrogens with two attached hydrogens (primary N) is 1. The maximum atomic E-state index is 8.67. The standard InChI is InChI=1S/C7H16N4O/c8-7(9)11-3-1-10(2-4-11)5-6-12/h12H,1-6H2,(H3,8,9)/q+1. The molecule has 0 atom stereocenters. The summed E-state index contributed by atoms with van der Waals surface area (Å²) in [5.41, 5.74) is 5.33. The van der Waals surface area contributed by atoms with Gasteiger partial charge < -0.3 is 10.8 Å².